The first kappa shape index (κ1) is 26.0. The van der Waals surface area contributed by atoms with Crippen molar-refractivity contribution in [1.82, 2.24) is 19.8 Å². The molecule has 2 fully saturated rings. The Labute approximate surface area is 224 Å². The molecule has 10 nitrogen and oxygen atoms in total. The highest BCUT2D eigenvalue weighted by atomic mass is 16.5. The van der Waals surface area contributed by atoms with Gasteiger partial charge in [0.1, 0.15) is 12.4 Å². The van der Waals surface area contributed by atoms with Gasteiger partial charge in [0.15, 0.2) is 0 Å². The molecule has 0 unspecified atom stereocenters. The third-order valence-electron chi connectivity index (χ3n) is 8.37. The van der Waals surface area contributed by atoms with Crippen LogP contribution in [0.25, 0.3) is 0 Å². The van der Waals surface area contributed by atoms with Crippen molar-refractivity contribution in [3.8, 4) is 12.1 Å². The minimum Gasteiger partial charge on any atom is -0.465 e. The van der Waals surface area contributed by atoms with Crippen LogP contribution in [0.15, 0.2) is 18.2 Å². The SMILES string of the molecule is Cc1cccc(N2CCc3c(nc(OC[C@@H]4CCCN4C)nc3N3CCN(C(=O)O)[C@@H](CC#N)C3)C2)c1C. The van der Waals surface area contributed by atoms with E-state index < -0.39 is 12.1 Å². The molecule has 5 rings (SSSR count). The number of likely N-dealkylation sites (N-methyl/N-ethyl adjacent to an activating group) is 1. The first-order chi connectivity index (χ1) is 18.4. The highest BCUT2D eigenvalue weighted by molar-refractivity contribution is 5.66. The van der Waals surface area contributed by atoms with Gasteiger partial charge in [-0.15, -0.1) is 0 Å². The molecule has 2 aromatic rings. The Morgan fingerprint density at radius 2 is 2.00 bits per heavy atom. The molecular formula is C28H37N7O3. The maximum Gasteiger partial charge on any atom is 0.407 e. The molecule has 3 aliphatic rings. The van der Waals surface area contributed by atoms with E-state index >= 15 is 0 Å². The van der Waals surface area contributed by atoms with Crippen LogP contribution >= 0.6 is 0 Å². The first-order valence-corrected chi connectivity index (χ1v) is 13.5. The van der Waals surface area contributed by atoms with Crippen LogP contribution in [0.1, 0.15) is 41.6 Å². The lowest BCUT2D eigenvalue weighted by atomic mass is 10.0. The zero-order chi connectivity index (χ0) is 26.8. The Hall–Kier alpha value is -3.58. The van der Waals surface area contributed by atoms with Crippen molar-refractivity contribution in [3.05, 3.63) is 40.6 Å². The number of nitriles is 1. The Kier molecular flexibility index (Phi) is 7.56. The van der Waals surface area contributed by atoms with Crippen LogP contribution in [0, 0.1) is 25.2 Å². The second-order valence-electron chi connectivity index (χ2n) is 10.7. The predicted octanol–water partition coefficient (Wildman–Crippen LogP) is 3.21. The van der Waals surface area contributed by atoms with Gasteiger partial charge in [0.05, 0.1) is 30.8 Å². The summed E-state index contributed by atoms with van der Waals surface area (Å²) in [5.74, 6) is 0.818. The fraction of sp³-hybridized carbons (Fsp3) is 0.571. The summed E-state index contributed by atoms with van der Waals surface area (Å²) < 4.78 is 6.21. The Morgan fingerprint density at radius 1 is 1.16 bits per heavy atom. The summed E-state index contributed by atoms with van der Waals surface area (Å²) in [6.07, 6.45) is 2.21. The third-order valence-corrected chi connectivity index (χ3v) is 8.37. The molecule has 38 heavy (non-hydrogen) atoms. The van der Waals surface area contributed by atoms with E-state index in [1.165, 1.54) is 28.1 Å². The lowest BCUT2D eigenvalue weighted by Gasteiger charge is -2.41. The molecule has 1 aromatic carbocycles. The number of fused-ring (bicyclic) bond motifs is 1. The summed E-state index contributed by atoms with van der Waals surface area (Å²) in [4.78, 5) is 29.8. The number of hydrogen-bond acceptors (Lipinski definition) is 8. The van der Waals surface area contributed by atoms with Crippen LogP contribution in [0.2, 0.25) is 0 Å². The van der Waals surface area contributed by atoms with Gasteiger partial charge in [-0.05, 0) is 63.9 Å². The molecule has 1 amide bonds. The molecule has 1 aromatic heterocycles. The smallest absolute Gasteiger partial charge is 0.407 e. The van der Waals surface area contributed by atoms with Crippen molar-refractivity contribution in [2.75, 3.05) is 56.2 Å². The van der Waals surface area contributed by atoms with Crippen molar-refractivity contribution in [2.45, 2.75) is 58.2 Å². The number of anilines is 2. The van der Waals surface area contributed by atoms with Gasteiger partial charge >= 0.3 is 12.1 Å². The van der Waals surface area contributed by atoms with Crippen molar-refractivity contribution in [2.24, 2.45) is 0 Å². The molecule has 2 saturated heterocycles. The number of hydrogen-bond donors (Lipinski definition) is 1. The van der Waals surface area contributed by atoms with Crippen molar-refractivity contribution < 1.29 is 14.6 Å². The van der Waals surface area contributed by atoms with Crippen LogP contribution in [0.5, 0.6) is 6.01 Å². The van der Waals surface area contributed by atoms with Crippen molar-refractivity contribution >= 4 is 17.6 Å². The van der Waals surface area contributed by atoms with Gasteiger partial charge in [-0.1, -0.05) is 12.1 Å². The largest absolute Gasteiger partial charge is 0.465 e. The number of amides is 1. The molecule has 202 valence electrons. The molecule has 0 radical (unpaired) electrons. The van der Waals surface area contributed by atoms with Crippen molar-refractivity contribution in [1.29, 1.82) is 5.26 Å². The predicted molar refractivity (Wildman–Crippen MR) is 145 cm³/mol. The van der Waals surface area contributed by atoms with E-state index in [1.807, 2.05) is 0 Å². The van der Waals surface area contributed by atoms with E-state index in [0.717, 1.165) is 43.0 Å². The van der Waals surface area contributed by atoms with Gasteiger partial charge in [0.25, 0.3) is 0 Å². The highest BCUT2D eigenvalue weighted by Gasteiger charge is 2.34. The minimum absolute atomic E-state index is 0.147. The second-order valence-corrected chi connectivity index (χ2v) is 10.7. The Morgan fingerprint density at radius 3 is 2.74 bits per heavy atom. The summed E-state index contributed by atoms with van der Waals surface area (Å²) in [6, 6.07) is 8.89. The summed E-state index contributed by atoms with van der Waals surface area (Å²) in [5.41, 5.74) is 5.80. The molecular weight excluding hydrogens is 482 g/mol. The van der Waals surface area contributed by atoms with Gasteiger partial charge < -0.3 is 29.4 Å². The van der Waals surface area contributed by atoms with Gasteiger partial charge in [0, 0.05) is 43.5 Å². The Balaban J connectivity index is 1.46. The van der Waals surface area contributed by atoms with Gasteiger partial charge in [-0.25, -0.2) is 4.79 Å². The van der Waals surface area contributed by atoms with Crippen LogP contribution < -0.4 is 14.5 Å². The van der Waals surface area contributed by atoms with Crippen molar-refractivity contribution in [3.63, 3.8) is 0 Å². The standard InChI is InChI=1S/C28H37N7O3/c1-19-6-4-8-25(20(19)2)33-13-10-23-24(17-33)30-27(38-18-22-7-5-12-32(22)3)31-26(23)34-14-15-35(28(36)37)21(16-34)9-11-29/h4,6,8,21-22H,5,7,9-10,12-18H2,1-3H3,(H,36,37)/t21-,22-/m0/s1. The van der Waals surface area contributed by atoms with Crippen LogP contribution in [0.3, 0.4) is 0 Å². The number of aromatic nitrogens is 2. The molecule has 0 aliphatic carbocycles. The van der Waals surface area contributed by atoms with E-state index in [1.54, 1.807) is 0 Å². The number of benzene rings is 1. The number of piperazine rings is 1. The minimum atomic E-state index is -0.983. The fourth-order valence-corrected chi connectivity index (χ4v) is 5.94. The summed E-state index contributed by atoms with van der Waals surface area (Å²) in [6.45, 7) is 8.69. The number of carboxylic acid groups (broad SMARTS) is 1. The van der Waals surface area contributed by atoms with Gasteiger partial charge in [-0.2, -0.15) is 15.2 Å². The molecule has 0 saturated carbocycles. The average molecular weight is 520 g/mol. The topological polar surface area (TPSA) is 109 Å². The number of likely N-dealkylation sites (tertiary alicyclic amines) is 1. The van der Waals surface area contributed by atoms with E-state index in [0.29, 0.717) is 44.8 Å². The lowest BCUT2D eigenvalue weighted by molar-refractivity contribution is 0.119. The number of carbonyl (C=O) groups is 1. The summed E-state index contributed by atoms with van der Waals surface area (Å²) in [5, 5.41) is 19.0. The van der Waals surface area contributed by atoms with Crippen LogP contribution in [0.4, 0.5) is 16.3 Å². The maximum atomic E-state index is 11.8. The normalized spacial score (nSPS) is 21.8. The molecule has 3 aliphatic heterocycles. The third kappa shape index (κ3) is 5.20. The Bertz CT molecular complexity index is 1230. The summed E-state index contributed by atoms with van der Waals surface area (Å²) >= 11 is 0. The van der Waals surface area contributed by atoms with E-state index in [9.17, 15) is 15.2 Å². The number of ether oxygens (including phenoxy) is 1. The lowest BCUT2D eigenvalue weighted by Crippen LogP contribution is -2.55. The van der Waals surface area contributed by atoms with Crippen LogP contribution in [-0.4, -0.2) is 89.4 Å². The summed E-state index contributed by atoms with van der Waals surface area (Å²) in [7, 11) is 2.12. The molecule has 2 atom stereocenters. The molecule has 4 heterocycles. The fourth-order valence-electron chi connectivity index (χ4n) is 5.94. The molecule has 10 heteroatoms. The number of rotatable bonds is 6. The molecule has 0 bridgehead atoms. The van der Waals surface area contributed by atoms with Gasteiger partial charge in [-0.3, -0.25) is 0 Å². The van der Waals surface area contributed by atoms with Gasteiger partial charge in [0.2, 0.25) is 0 Å². The number of aryl methyl sites for hydroxylation is 1. The van der Waals surface area contributed by atoms with Crippen LogP contribution in [-0.2, 0) is 13.0 Å². The molecule has 0 spiro atoms. The molecule has 1 N–H and O–H groups in total. The zero-order valence-corrected chi connectivity index (χ0v) is 22.6. The zero-order valence-electron chi connectivity index (χ0n) is 22.6. The van der Waals surface area contributed by atoms with E-state index in [-0.39, 0.29) is 6.42 Å². The maximum absolute atomic E-state index is 11.8. The monoisotopic (exact) mass is 519 g/mol. The highest BCUT2D eigenvalue weighted by Crippen LogP contribution is 2.34. The number of nitrogens with zero attached hydrogens (tertiary/aromatic N) is 7. The first-order valence-electron chi connectivity index (χ1n) is 13.5. The second kappa shape index (κ2) is 11.0. The quantitative estimate of drug-likeness (QED) is 0.615. The van der Waals surface area contributed by atoms with E-state index in [4.69, 9.17) is 14.7 Å². The average Bonchev–Trinajstić information content (AvgIpc) is 3.32. The van der Waals surface area contributed by atoms with E-state index in [2.05, 4.69) is 59.9 Å².